The van der Waals surface area contributed by atoms with Crippen LogP contribution in [0.3, 0.4) is 0 Å². The predicted molar refractivity (Wildman–Crippen MR) is 68.0 cm³/mol. The highest BCUT2D eigenvalue weighted by Crippen LogP contribution is 2.44. The average molecular weight is 249 g/mol. The first-order valence-electron chi connectivity index (χ1n) is 6.43. The van der Waals surface area contributed by atoms with E-state index < -0.39 is 0 Å². The van der Waals surface area contributed by atoms with Gasteiger partial charge >= 0.3 is 0 Å². The number of fused-ring (bicyclic) bond motifs is 1. The Hall–Kier alpha value is -1.26. The van der Waals surface area contributed by atoms with Gasteiger partial charge in [0.1, 0.15) is 17.1 Å². The largest absolute Gasteiger partial charge is 0.497 e. The monoisotopic (exact) mass is 249 g/mol. The summed E-state index contributed by atoms with van der Waals surface area (Å²) in [7, 11) is 1.66. The van der Waals surface area contributed by atoms with Gasteiger partial charge in [0, 0.05) is 36.9 Å². The van der Waals surface area contributed by atoms with Gasteiger partial charge in [-0.2, -0.15) is 0 Å². The topological polar surface area (TPSA) is 53.7 Å². The number of hydrogen-bond acceptors (Lipinski definition) is 4. The van der Waals surface area contributed by atoms with Gasteiger partial charge in [-0.1, -0.05) is 6.07 Å². The lowest BCUT2D eigenvalue weighted by Crippen LogP contribution is -2.47. The van der Waals surface area contributed by atoms with Gasteiger partial charge in [-0.05, 0) is 6.07 Å². The standard InChI is InChI=1S/C14H19NO3/c1-16-10-2-3-11-12(15)9-14(18-13(11)8-10)4-6-17-7-5-14/h2-3,8,12H,4-7,9,15H2,1H3/t12-/m0/s1. The van der Waals surface area contributed by atoms with E-state index >= 15 is 0 Å². The average Bonchev–Trinajstić information content (AvgIpc) is 2.38. The molecule has 0 aromatic heterocycles. The SMILES string of the molecule is COc1ccc2c(c1)OC1(CCOCC1)C[C@@H]2N. The van der Waals surface area contributed by atoms with Gasteiger partial charge in [-0.15, -0.1) is 0 Å². The molecule has 1 fully saturated rings. The third-order valence-electron chi connectivity index (χ3n) is 3.94. The Morgan fingerprint density at radius 2 is 2.11 bits per heavy atom. The second kappa shape index (κ2) is 4.44. The summed E-state index contributed by atoms with van der Waals surface area (Å²) in [6.45, 7) is 1.51. The van der Waals surface area contributed by atoms with Crippen LogP contribution in [0.1, 0.15) is 30.9 Å². The minimum Gasteiger partial charge on any atom is -0.497 e. The molecule has 3 rings (SSSR count). The number of ether oxygens (including phenoxy) is 3. The van der Waals surface area contributed by atoms with Gasteiger partial charge in [0.25, 0.3) is 0 Å². The fourth-order valence-electron chi connectivity index (χ4n) is 2.87. The summed E-state index contributed by atoms with van der Waals surface area (Å²) in [4.78, 5) is 0. The molecule has 4 nitrogen and oxygen atoms in total. The van der Waals surface area contributed by atoms with Crippen molar-refractivity contribution in [3.05, 3.63) is 23.8 Å². The number of benzene rings is 1. The molecule has 2 heterocycles. The molecule has 18 heavy (non-hydrogen) atoms. The fourth-order valence-corrected chi connectivity index (χ4v) is 2.87. The zero-order valence-electron chi connectivity index (χ0n) is 10.6. The lowest BCUT2D eigenvalue weighted by Gasteiger charge is -2.43. The number of hydrogen-bond donors (Lipinski definition) is 1. The van der Waals surface area contributed by atoms with Crippen molar-refractivity contribution in [3.63, 3.8) is 0 Å². The molecule has 1 spiro atoms. The van der Waals surface area contributed by atoms with Gasteiger partial charge in [0.05, 0.1) is 20.3 Å². The van der Waals surface area contributed by atoms with Crippen LogP contribution in [-0.4, -0.2) is 25.9 Å². The summed E-state index contributed by atoms with van der Waals surface area (Å²) < 4.78 is 16.9. The first-order chi connectivity index (χ1) is 8.72. The van der Waals surface area contributed by atoms with Crippen LogP contribution in [0.4, 0.5) is 0 Å². The van der Waals surface area contributed by atoms with Crippen LogP contribution in [0.15, 0.2) is 18.2 Å². The van der Waals surface area contributed by atoms with Crippen LogP contribution < -0.4 is 15.2 Å². The minimum atomic E-state index is -0.142. The molecule has 1 saturated heterocycles. The first kappa shape index (κ1) is 11.8. The van der Waals surface area contributed by atoms with Crippen LogP contribution >= 0.6 is 0 Å². The molecule has 4 heteroatoms. The number of rotatable bonds is 1. The van der Waals surface area contributed by atoms with E-state index in [9.17, 15) is 0 Å². The third kappa shape index (κ3) is 1.95. The molecule has 0 bridgehead atoms. The van der Waals surface area contributed by atoms with Crippen molar-refractivity contribution in [2.75, 3.05) is 20.3 Å². The van der Waals surface area contributed by atoms with Crippen molar-refractivity contribution >= 4 is 0 Å². The van der Waals surface area contributed by atoms with Gasteiger partial charge in [-0.3, -0.25) is 0 Å². The van der Waals surface area contributed by atoms with Crippen molar-refractivity contribution < 1.29 is 14.2 Å². The molecule has 1 atom stereocenters. The lowest BCUT2D eigenvalue weighted by atomic mass is 9.82. The molecule has 1 aromatic rings. The van der Waals surface area contributed by atoms with E-state index in [0.717, 1.165) is 49.5 Å². The molecule has 2 aliphatic rings. The maximum absolute atomic E-state index is 6.28. The molecule has 0 radical (unpaired) electrons. The molecule has 0 amide bonds. The van der Waals surface area contributed by atoms with Crippen LogP contribution in [0.5, 0.6) is 11.5 Å². The second-order valence-corrected chi connectivity index (χ2v) is 5.11. The maximum atomic E-state index is 6.28. The molecule has 0 saturated carbocycles. The molecule has 98 valence electrons. The Morgan fingerprint density at radius 3 is 2.83 bits per heavy atom. The highest BCUT2D eigenvalue weighted by Gasteiger charge is 2.41. The molecule has 0 unspecified atom stereocenters. The summed E-state index contributed by atoms with van der Waals surface area (Å²) in [5.41, 5.74) is 7.22. The molecule has 2 N–H and O–H groups in total. The van der Waals surface area contributed by atoms with Gasteiger partial charge in [0.15, 0.2) is 0 Å². The molecule has 1 aromatic carbocycles. The summed E-state index contributed by atoms with van der Waals surface area (Å²) in [6, 6.07) is 5.92. The Morgan fingerprint density at radius 1 is 1.33 bits per heavy atom. The predicted octanol–water partition coefficient (Wildman–Crippen LogP) is 2.03. The highest BCUT2D eigenvalue weighted by atomic mass is 16.5. The van der Waals surface area contributed by atoms with Crippen molar-refractivity contribution in [2.45, 2.75) is 30.9 Å². The van der Waals surface area contributed by atoms with E-state index in [1.54, 1.807) is 7.11 Å². The molecular formula is C14H19NO3. The summed E-state index contributed by atoms with van der Waals surface area (Å²) in [6.07, 6.45) is 2.70. The Kier molecular flexibility index (Phi) is 2.92. The van der Waals surface area contributed by atoms with Gasteiger partial charge < -0.3 is 19.9 Å². The van der Waals surface area contributed by atoms with E-state index in [4.69, 9.17) is 19.9 Å². The summed E-state index contributed by atoms with van der Waals surface area (Å²) in [5, 5.41) is 0. The number of nitrogens with two attached hydrogens (primary N) is 1. The zero-order chi connectivity index (χ0) is 12.6. The van der Waals surface area contributed by atoms with Crippen molar-refractivity contribution in [1.82, 2.24) is 0 Å². The zero-order valence-corrected chi connectivity index (χ0v) is 10.6. The minimum absolute atomic E-state index is 0.0396. The molecular weight excluding hydrogens is 230 g/mol. The Labute approximate surface area is 107 Å². The fraction of sp³-hybridized carbons (Fsp3) is 0.571. The van der Waals surface area contributed by atoms with Gasteiger partial charge in [0.2, 0.25) is 0 Å². The van der Waals surface area contributed by atoms with Crippen molar-refractivity contribution in [2.24, 2.45) is 5.73 Å². The van der Waals surface area contributed by atoms with Crippen LogP contribution in [0.25, 0.3) is 0 Å². The Balaban J connectivity index is 1.94. The Bertz CT molecular complexity index is 441. The summed E-state index contributed by atoms with van der Waals surface area (Å²) >= 11 is 0. The van der Waals surface area contributed by atoms with E-state index in [2.05, 4.69) is 0 Å². The number of methoxy groups -OCH3 is 1. The normalized spacial score (nSPS) is 25.3. The van der Waals surface area contributed by atoms with E-state index in [0.29, 0.717) is 0 Å². The first-order valence-corrected chi connectivity index (χ1v) is 6.43. The quantitative estimate of drug-likeness (QED) is 0.827. The van der Waals surface area contributed by atoms with Gasteiger partial charge in [-0.25, -0.2) is 0 Å². The molecule has 2 aliphatic heterocycles. The van der Waals surface area contributed by atoms with Crippen molar-refractivity contribution in [1.29, 1.82) is 0 Å². The maximum Gasteiger partial charge on any atom is 0.128 e. The molecule has 0 aliphatic carbocycles. The van der Waals surface area contributed by atoms with E-state index in [1.807, 2.05) is 18.2 Å². The van der Waals surface area contributed by atoms with Crippen LogP contribution in [-0.2, 0) is 4.74 Å². The highest BCUT2D eigenvalue weighted by molar-refractivity contribution is 5.44. The smallest absolute Gasteiger partial charge is 0.128 e. The van der Waals surface area contributed by atoms with Crippen molar-refractivity contribution in [3.8, 4) is 11.5 Å². The van der Waals surface area contributed by atoms with Crippen LogP contribution in [0.2, 0.25) is 0 Å². The second-order valence-electron chi connectivity index (χ2n) is 5.11. The lowest BCUT2D eigenvalue weighted by molar-refractivity contribution is -0.0621. The van der Waals surface area contributed by atoms with E-state index in [1.165, 1.54) is 0 Å². The van der Waals surface area contributed by atoms with E-state index in [-0.39, 0.29) is 11.6 Å². The van der Waals surface area contributed by atoms with Crippen LogP contribution in [0, 0.1) is 0 Å². The third-order valence-corrected chi connectivity index (χ3v) is 3.94. The summed E-state index contributed by atoms with van der Waals surface area (Å²) in [5.74, 6) is 1.68.